The molecule has 0 bridgehead atoms. The van der Waals surface area contributed by atoms with E-state index in [0.717, 1.165) is 11.1 Å². The number of ether oxygens (including phenoxy) is 1. The molecule has 126 valence electrons. The van der Waals surface area contributed by atoms with Gasteiger partial charge in [0.15, 0.2) is 6.61 Å². The second kappa shape index (κ2) is 9.04. The van der Waals surface area contributed by atoms with E-state index in [0.29, 0.717) is 5.69 Å². The van der Waals surface area contributed by atoms with Crippen LogP contribution in [-0.2, 0) is 14.3 Å². The lowest BCUT2D eigenvalue weighted by molar-refractivity contribution is -0.142. The van der Waals surface area contributed by atoms with E-state index in [2.05, 4.69) is 0 Å². The number of rotatable bonds is 6. The summed E-state index contributed by atoms with van der Waals surface area (Å²) in [5.74, 6) is -1.06. The van der Waals surface area contributed by atoms with E-state index in [1.54, 1.807) is 30.3 Å². The van der Waals surface area contributed by atoms with Crippen molar-refractivity contribution in [2.24, 2.45) is 0 Å². The Balaban J connectivity index is 1.93. The largest absolute Gasteiger partial charge is 0.452 e. The van der Waals surface area contributed by atoms with Crippen molar-refractivity contribution in [3.63, 3.8) is 0 Å². The first-order chi connectivity index (χ1) is 12.1. The average molecular weight is 334 g/mol. The Morgan fingerprint density at radius 3 is 2.60 bits per heavy atom. The highest BCUT2D eigenvalue weighted by Gasteiger charge is 2.16. The molecule has 0 aliphatic heterocycles. The molecule has 0 heterocycles. The Morgan fingerprint density at radius 1 is 1.16 bits per heavy atom. The van der Waals surface area contributed by atoms with Crippen LogP contribution in [0, 0.1) is 18.3 Å². The minimum Gasteiger partial charge on any atom is -0.452 e. The zero-order valence-electron chi connectivity index (χ0n) is 13.9. The van der Waals surface area contributed by atoms with Crippen LogP contribution in [0.15, 0.2) is 60.7 Å². The molecule has 0 saturated heterocycles. The average Bonchev–Trinajstić information content (AvgIpc) is 2.63. The van der Waals surface area contributed by atoms with E-state index in [1.807, 2.05) is 43.3 Å². The summed E-state index contributed by atoms with van der Waals surface area (Å²) in [4.78, 5) is 25.3. The minimum absolute atomic E-state index is 0.112. The second-order valence-electron chi connectivity index (χ2n) is 5.33. The van der Waals surface area contributed by atoms with Gasteiger partial charge in [-0.25, -0.2) is 4.79 Å². The van der Waals surface area contributed by atoms with E-state index in [9.17, 15) is 9.59 Å². The standard InChI is InChI=1S/C20H18N2O3/c1-16-6-5-7-17(14-16)10-11-20(24)25-15-19(23)22(13-12-21)18-8-3-2-4-9-18/h2-11,14H,13,15H2,1H3/b11-10+. The van der Waals surface area contributed by atoms with E-state index < -0.39 is 18.5 Å². The highest BCUT2D eigenvalue weighted by Crippen LogP contribution is 2.13. The quantitative estimate of drug-likeness (QED) is 0.462. The van der Waals surface area contributed by atoms with Gasteiger partial charge >= 0.3 is 5.97 Å². The molecule has 0 aliphatic rings. The first-order valence-electron chi connectivity index (χ1n) is 7.74. The molecule has 0 radical (unpaired) electrons. The molecule has 0 N–H and O–H groups in total. The number of carbonyl (C=O) groups is 2. The Hall–Kier alpha value is -3.39. The van der Waals surface area contributed by atoms with Gasteiger partial charge in [-0.1, -0.05) is 48.0 Å². The van der Waals surface area contributed by atoms with Crippen molar-refractivity contribution in [1.29, 1.82) is 5.26 Å². The number of para-hydroxylation sites is 1. The SMILES string of the molecule is Cc1cccc(/C=C/C(=O)OCC(=O)N(CC#N)c2ccccc2)c1. The molecular weight excluding hydrogens is 316 g/mol. The van der Waals surface area contributed by atoms with Gasteiger partial charge in [-0.15, -0.1) is 0 Å². The van der Waals surface area contributed by atoms with Gasteiger partial charge in [0.25, 0.3) is 5.91 Å². The maximum Gasteiger partial charge on any atom is 0.331 e. The molecule has 0 aromatic heterocycles. The highest BCUT2D eigenvalue weighted by molar-refractivity contribution is 5.96. The Labute approximate surface area is 146 Å². The number of hydrogen-bond donors (Lipinski definition) is 0. The summed E-state index contributed by atoms with van der Waals surface area (Å²) in [6.07, 6.45) is 2.91. The van der Waals surface area contributed by atoms with Crippen molar-refractivity contribution in [2.75, 3.05) is 18.1 Å². The van der Waals surface area contributed by atoms with Crippen molar-refractivity contribution in [3.05, 3.63) is 71.8 Å². The topological polar surface area (TPSA) is 70.4 Å². The van der Waals surface area contributed by atoms with Crippen molar-refractivity contribution in [1.82, 2.24) is 0 Å². The van der Waals surface area contributed by atoms with Crippen LogP contribution in [0.1, 0.15) is 11.1 Å². The lowest BCUT2D eigenvalue weighted by atomic mass is 10.1. The van der Waals surface area contributed by atoms with Crippen molar-refractivity contribution >= 4 is 23.6 Å². The van der Waals surface area contributed by atoms with Gasteiger partial charge < -0.3 is 4.74 Å². The summed E-state index contributed by atoms with van der Waals surface area (Å²) in [6, 6.07) is 18.4. The first-order valence-corrected chi connectivity index (χ1v) is 7.74. The van der Waals surface area contributed by atoms with Crippen molar-refractivity contribution in [3.8, 4) is 6.07 Å². The van der Waals surface area contributed by atoms with Crippen LogP contribution in [0.3, 0.4) is 0 Å². The van der Waals surface area contributed by atoms with Crippen LogP contribution in [0.4, 0.5) is 5.69 Å². The Bertz CT molecular complexity index is 807. The molecule has 2 rings (SSSR count). The molecule has 5 heteroatoms. The molecular formula is C20H18N2O3. The predicted molar refractivity (Wildman–Crippen MR) is 95.6 cm³/mol. The van der Waals surface area contributed by atoms with Crippen LogP contribution in [0.25, 0.3) is 6.08 Å². The maximum atomic E-state index is 12.2. The summed E-state index contributed by atoms with van der Waals surface area (Å²) >= 11 is 0. The predicted octanol–water partition coefficient (Wildman–Crippen LogP) is 3.11. The molecule has 25 heavy (non-hydrogen) atoms. The van der Waals surface area contributed by atoms with Gasteiger partial charge in [0.2, 0.25) is 0 Å². The number of carbonyl (C=O) groups excluding carboxylic acids is 2. The molecule has 5 nitrogen and oxygen atoms in total. The van der Waals surface area contributed by atoms with Gasteiger partial charge in [0, 0.05) is 11.8 Å². The summed E-state index contributed by atoms with van der Waals surface area (Å²) in [5, 5.41) is 8.89. The fraction of sp³-hybridized carbons (Fsp3) is 0.150. The summed E-state index contributed by atoms with van der Waals surface area (Å²) in [7, 11) is 0. The van der Waals surface area contributed by atoms with Gasteiger partial charge in [-0.2, -0.15) is 5.26 Å². The summed E-state index contributed by atoms with van der Waals surface area (Å²) < 4.78 is 4.98. The van der Waals surface area contributed by atoms with E-state index >= 15 is 0 Å². The number of nitrogens with zero attached hydrogens (tertiary/aromatic N) is 2. The number of aryl methyl sites for hydroxylation is 1. The smallest absolute Gasteiger partial charge is 0.331 e. The van der Waals surface area contributed by atoms with Crippen LogP contribution < -0.4 is 4.90 Å². The normalized spacial score (nSPS) is 10.2. The van der Waals surface area contributed by atoms with Gasteiger partial charge in [-0.3, -0.25) is 9.69 Å². The number of anilines is 1. The Kier molecular flexibility index (Phi) is 6.49. The van der Waals surface area contributed by atoms with E-state index in [4.69, 9.17) is 10.00 Å². The molecule has 0 fully saturated rings. The number of benzene rings is 2. The maximum absolute atomic E-state index is 12.2. The third-order valence-electron chi connectivity index (χ3n) is 3.39. The summed E-state index contributed by atoms with van der Waals surface area (Å²) in [5.41, 5.74) is 2.54. The monoisotopic (exact) mass is 334 g/mol. The van der Waals surface area contributed by atoms with Gasteiger partial charge in [0.05, 0.1) is 6.07 Å². The third-order valence-corrected chi connectivity index (χ3v) is 3.39. The van der Waals surface area contributed by atoms with E-state index in [-0.39, 0.29) is 6.54 Å². The number of nitriles is 1. The third kappa shape index (κ3) is 5.63. The first kappa shape index (κ1) is 18.0. The molecule has 0 spiro atoms. The molecule has 0 saturated carbocycles. The molecule has 0 unspecified atom stereocenters. The van der Waals surface area contributed by atoms with E-state index in [1.165, 1.54) is 11.0 Å². The molecule has 0 aliphatic carbocycles. The van der Waals surface area contributed by atoms with Gasteiger partial charge in [0.1, 0.15) is 6.54 Å². The van der Waals surface area contributed by atoms with Crippen LogP contribution >= 0.6 is 0 Å². The minimum atomic E-state index is -0.611. The fourth-order valence-corrected chi connectivity index (χ4v) is 2.20. The molecule has 2 aromatic rings. The zero-order chi connectivity index (χ0) is 18.1. The second-order valence-corrected chi connectivity index (χ2v) is 5.33. The van der Waals surface area contributed by atoms with Crippen molar-refractivity contribution < 1.29 is 14.3 Å². The summed E-state index contributed by atoms with van der Waals surface area (Å²) in [6.45, 7) is 1.43. The zero-order valence-corrected chi connectivity index (χ0v) is 13.9. The van der Waals surface area contributed by atoms with Crippen LogP contribution in [0.2, 0.25) is 0 Å². The lowest BCUT2D eigenvalue weighted by Crippen LogP contribution is -2.34. The molecule has 2 aromatic carbocycles. The molecule has 0 atom stereocenters. The van der Waals surface area contributed by atoms with Crippen LogP contribution in [0.5, 0.6) is 0 Å². The fourth-order valence-electron chi connectivity index (χ4n) is 2.20. The lowest BCUT2D eigenvalue weighted by Gasteiger charge is -2.19. The number of amides is 1. The molecule has 1 amide bonds. The van der Waals surface area contributed by atoms with Crippen molar-refractivity contribution in [2.45, 2.75) is 6.92 Å². The Morgan fingerprint density at radius 2 is 1.92 bits per heavy atom. The van der Waals surface area contributed by atoms with Crippen LogP contribution in [-0.4, -0.2) is 25.0 Å². The number of esters is 1. The number of hydrogen-bond acceptors (Lipinski definition) is 4. The van der Waals surface area contributed by atoms with Gasteiger partial charge in [-0.05, 0) is 30.7 Å². The highest BCUT2D eigenvalue weighted by atomic mass is 16.5.